The molecule has 2 N–H and O–H groups in total. The molecule has 6 rings (SSSR count). The monoisotopic (exact) mass is 726 g/mol. The summed E-state index contributed by atoms with van der Waals surface area (Å²) >= 11 is 0. The third-order valence-electron chi connectivity index (χ3n) is 6.95. The van der Waals surface area contributed by atoms with Crippen molar-refractivity contribution in [1.29, 1.82) is 0 Å². The standard InChI is InChI=1S/C32H22N6O8S2.2Na/c39-31-25(13-9-21-3-1-15-33-29(21)31)37-35-23-11-7-19(27(17-23)47(41,42)43)5-6-20-8-12-24(18-28(20)48(44,45)46)36-38-26-14-10-22-4-2-16-34-30(22)32(26)40;;/h1-18,39-40H,(H,41,42,43)(H,44,45,46);;/q;2*+1/p-2/b6-5+,37-35?,38-36?;;. The fraction of sp³-hybridized carbons (Fsp3) is 0. The Balaban J connectivity index is 0.00000281. The summed E-state index contributed by atoms with van der Waals surface area (Å²) < 4.78 is 68.8. The second-order valence-corrected chi connectivity index (χ2v) is 12.9. The molecule has 240 valence electrons. The first-order valence-electron chi connectivity index (χ1n) is 13.7. The van der Waals surface area contributed by atoms with E-state index in [0.717, 1.165) is 12.1 Å². The molecule has 18 heteroatoms. The molecule has 0 aliphatic carbocycles. The van der Waals surface area contributed by atoms with E-state index in [1.807, 2.05) is 0 Å². The van der Waals surface area contributed by atoms with Crippen molar-refractivity contribution in [2.75, 3.05) is 0 Å². The number of aromatic nitrogens is 2. The zero-order chi connectivity index (χ0) is 34.1. The Hall–Kier alpha value is -3.94. The summed E-state index contributed by atoms with van der Waals surface area (Å²) in [4.78, 5) is 6.92. The van der Waals surface area contributed by atoms with Crippen LogP contribution in [-0.4, -0.2) is 35.9 Å². The van der Waals surface area contributed by atoms with Crippen molar-refractivity contribution in [2.45, 2.75) is 9.79 Å². The van der Waals surface area contributed by atoms with E-state index in [0.29, 0.717) is 10.8 Å². The van der Waals surface area contributed by atoms with E-state index < -0.39 is 41.5 Å². The van der Waals surface area contributed by atoms with Crippen molar-refractivity contribution >= 4 is 76.9 Å². The summed E-state index contributed by atoms with van der Waals surface area (Å²) in [7, 11) is -9.65. The van der Waals surface area contributed by atoms with Crippen LogP contribution in [0.15, 0.2) is 128 Å². The minimum atomic E-state index is -4.83. The predicted molar refractivity (Wildman–Crippen MR) is 172 cm³/mol. The van der Waals surface area contributed by atoms with Crippen LogP contribution in [0.25, 0.3) is 34.0 Å². The Morgan fingerprint density at radius 3 is 1.34 bits per heavy atom. The average molecular weight is 727 g/mol. The summed E-state index contributed by atoms with van der Waals surface area (Å²) in [6.07, 6.45) is 5.32. The third kappa shape index (κ3) is 8.67. The fourth-order valence-electron chi connectivity index (χ4n) is 4.67. The maximum atomic E-state index is 12.7. The van der Waals surface area contributed by atoms with Gasteiger partial charge in [0.05, 0.1) is 33.8 Å². The van der Waals surface area contributed by atoms with E-state index in [2.05, 4.69) is 30.4 Å². The van der Waals surface area contributed by atoms with Gasteiger partial charge in [-0.15, -0.1) is 0 Å². The van der Waals surface area contributed by atoms with Gasteiger partial charge in [-0.1, -0.05) is 60.0 Å². The molecule has 0 aliphatic rings. The molecular weight excluding hydrogens is 707 g/mol. The normalized spacial score (nSPS) is 12.1. The molecule has 0 unspecified atom stereocenters. The molecule has 2 aromatic heterocycles. The van der Waals surface area contributed by atoms with E-state index >= 15 is 0 Å². The zero-order valence-electron chi connectivity index (χ0n) is 26.2. The minimum Gasteiger partial charge on any atom is -0.869 e. The van der Waals surface area contributed by atoms with Crippen LogP contribution in [0.1, 0.15) is 11.1 Å². The number of nitrogens with zero attached hydrogens (tertiary/aromatic N) is 6. The average Bonchev–Trinajstić information content (AvgIpc) is 3.06. The number of benzene rings is 4. The van der Waals surface area contributed by atoms with Gasteiger partial charge >= 0.3 is 59.1 Å². The molecule has 0 saturated carbocycles. The SMILES string of the molecule is O=S(=O)(O)c1cc(N=Nc2ccc3cccnc3c2[O-])ccc1/C=C/c1ccc(N=Nc2ccc3cccnc3c2[O-])cc1S(=O)(=O)O.[Na+].[Na+]. The minimum absolute atomic E-state index is 0. The Morgan fingerprint density at radius 1 is 0.560 bits per heavy atom. The van der Waals surface area contributed by atoms with E-state index in [9.17, 15) is 36.2 Å². The van der Waals surface area contributed by atoms with Crippen LogP contribution in [-0.2, 0) is 20.2 Å². The molecular formula is C32H20N6Na2O8S2. The number of azo groups is 2. The Bertz CT molecular complexity index is 2390. The molecule has 0 amide bonds. The number of rotatable bonds is 8. The van der Waals surface area contributed by atoms with Crippen LogP contribution in [0.2, 0.25) is 0 Å². The molecule has 0 radical (unpaired) electrons. The molecule has 4 aromatic carbocycles. The Labute approximate surface area is 329 Å². The van der Waals surface area contributed by atoms with Crippen LogP contribution >= 0.6 is 0 Å². The zero-order valence-corrected chi connectivity index (χ0v) is 31.9. The van der Waals surface area contributed by atoms with Gasteiger partial charge in [-0.05, 0) is 70.4 Å². The van der Waals surface area contributed by atoms with Gasteiger partial charge in [0.25, 0.3) is 20.2 Å². The second-order valence-electron chi connectivity index (χ2n) is 10.1. The molecule has 6 aromatic rings. The van der Waals surface area contributed by atoms with Gasteiger partial charge in [0.15, 0.2) is 0 Å². The first-order valence-corrected chi connectivity index (χ1v) is 16.6. The van der Waals surface area contributed by atoms with Crippen molar-refractivity contribution in [2.24, 2.45) is 20.5 Å². The second kappa shape index (κ2) is 15.9. The van der Waals surface area contributed by atoms with Crippen molar-refractivity contribution in [3.63, 3.8) is 0 Å². The summed E-state index contributed by atoms with van der Waals surface area (Å²) in [5.41, 5.74) is 0.140. The van der Waals surface area contributed by atoms with E-state index in [1.165, 1.54) is 60.9 Å². The largest absolute Gasteiger partial charge is 1.00 e. The van der Waals surface area contributed by atoms with Crippen LogP contribution < -0.4 is 69.3 Å². The molecule has 0 saturated heterocycles. The number of fused-ring (bicyclic) bond motifs is 2. The van der Waals surface area contributed by atoms with Crippen molar-refractivity contribution in [3.8, 4) is 11.5 Å². The molecule has 14 nitrogen and oxygen atoms in total. The fourth-order valence-corrected chi connectivity index (χ4v) is 6.08. The van der Waals surface area contributed by atoms with Crippen LogP contribution in [0, 0.1) is 0 Å². The number of hydrogen-bond donors (Lipinski definition) is 2. The van der Waals surface area contributed by atoms with Gasteiger partial charge in [0.2, 0.25) is 0 Å². The van der Waals surface area contributed by atoms with E-state index in [4.69, 9.17) is 0 Å². The van der Waals surface area contributed by atoms with Gasteiger partial charge in [-0.3, -0.25) is 19.1 Å². The molecule has 0 aliphatic heterocycles. The van der Waals surface area contributed by atoms with E-state index in [1.54, 1.807) is 36.4 Å². The molecule has 0 spiro atoms. The van der Waals surface area contributed by atoms with Crippen molar-refractivity contribution in [1.82, 2.24) is 9.97 Å². The first-order chi connectivity index (χ1) is 22.9. The van der Waals surface area contributed by atoms with Crippen LogP contribution in [0.3, 0.4) is 0 Å². The molecule has 0 bridgehead atoms. The first kappa shape index (κ1) is 38.9. The number of hydrogen-bond acceptors (Lipinski definition) is 12. The maximum absolute atomic E-state index is 12.7. The molecule has 50 heavy (non-hydrogen) atoms. The maximum Gasteiger partial charge on any atom is 1.00 e. The van der Waals surface area contributed by atoms with Crippen LogP contribution in [0.5, 0.6) is 11.5 Å². The molecule has 2 heterocycles. The predicted octanol–water partition coefficient (Wildman–Crippen LogP) is 0.433. The third-order valence-corrected chi connectivity index (χ3v) is 8.77. The quantitative estimate of drug-likeness (QED) is 0.0951. The van der Waals surface area contributed by atoms with Gasteiger partial charge in [0.1, 0.15) is 9.79 Å². The van der Waals surface area contributed by atoms with Gasteiger partial charge in [0, 0.05) is 12.4 Å². The van der Waals surface area contributed by atoms with Gasteiger partial charge in [-0.25, -0.2) is 0 Å². The molecule has 0 atom stereocenters. The summed E-state index contributed by atoms with van der Waals surface area (Å²) in [5.74, 6) is -0.954. The Morgan fingerprint density at radius 2 is 0.960 bits per heavy atom. The van der Waals surface area contributed by atoms with E-state index in [-0.39, 0.29) is 104 Å². The van der Waals surface area contributed by atoms with Gasteiger partial charge in [-0.2, -0.15) is 37.3 Å². The van der Waals surface area contributed by atoms with Crippen molar-refractivity contribution in [3.05, 3.63) is 108 Å². The van der Waals surface area contributed by atoms with Crippen LogP contribution in [0.4, 0.5) is 22.7 Å². The summed E-state index contributed by atoms with van der Waals surface area (Å²) in [5, 5.41) is 42.3. The molecule has 0 fully saturated rings. The van der Waals surface area contributed by atoms with Gasteiger partial charge < -0.3 is 10.2 Å². The topological polar surface area (TPSA) is 230 Å². The number of pyridine rings is 2. The summed E-state index contributed by atoms with van der Waals surface area (Å²) in [6.45, 7) is 0. The smallest absolute Gasteiger partial charge is 0.869 e. The summed E-state index contributed by atoms with van der Waals surface area (Å²) in [6, 6.07) is 20.3. The Kier molecular flexibility index (Phi) is 12.4. The van der Waals surface area contributed by atoms with Crippen molar-refractivity contribution < 1.29 is 95.3 Å².